The summed E-state index contributed by atoms with van der Waals surface area (Å²) in [5.74, 6) is 5.47. The minimum atomic E-state index is -4.43. The second kappa shape index (κ2) is 6.12. The molecule has 4 nitrogen and oxygen atoms in total. The van der Waals surface area contributed by atoms with Crippen LogP contribution >= 0.6 is 11.6 Å². The number of hydrogen-bond acceptors (Lipinski definition) is 2. The molecule has 0 aliphatic heterocycles. The van der Waals surface area contributed by atoms with E-state index < -0.39 is 11.7 Å². The Morgan fingerprint density at radius 2 is 2.00 bits per heavy atom. The molecule has 0 spiro atoms. The van der Waals surface area contributed by atoms with Crippen LogP contribution < -0.4 is 16.6 Å². The normalized spacial score (nSPS) is 12.7. The summed E-state index contributed by atoms with van der Waals surface area (Å²) in [6.07, 6.45) is -4.43. The van der Waals surface area contributed by atoms with Gasteiger partial charge in [0.2, 0.25) is 5.96 Å². The molecule has 0 aliphatic carbocycles. The number of nitrogens with two attached hydrogens (primary N) is 1. The summed E-state index contributed by atoms with van der Waals surface area (Å²) in [5, 5.41) is 2.65. The third kappa shape index (κ3) is 4.60. The summed E-state index contributed by atoms with van der Waals surface area (Å²) in [4.78, 5) is 4.09. The Hall–Kier alpha value is -1.47. The summed E-state index contributed by atoms with van der Waals surface area (Å²) in [5.41, 5.74) is 1.78. The van der Waals surface area contributed by atoms with Crippen LogP contribution in [0.25, 0.3) is 0 Å². The molecule has 1 rings (SSSR count). The largest absolute Gasteiger partial charge is 0.416 e. The fourth-order valence-electron chi connectivity index (χ4n) is 1.28. The van der Waals surface area contributed by atoms with Crippen molar-refractivity contribution < 1.29 is 13.2 Å². The van der Waals surface area contributed by atoms with Gasteiger partial charge < -0.3 is 5.32 Å². The van der Waals surface area contributed by atoms with Crippen LogP contribution in [0.1, 0.15) is 19.4 Å². The fourth-order valence-corrected chi connectivity index (χ4v) is 1.51. The zero-order chi connectivity index (χ0) is 14.6. The van der Waals surface area contributed by atoms with Crippen LogP contribution in [0.15, 0.2) is 23.2 Å². The lowest BCUT2D eigenvalue weighted by atomic mass is 10.2. The van der Waals surface area contributed by atoms with E-state index in [1.54, 1.807) is 0 Å². The quantitative estimate of drug-likeness (QED) is 0.340. The van der Waals surface area contributed by atoms with Crippen molar-refractivity contribution in [3.05, 3.63) is 28.8 Å². The van der Waals surface area contributed by atoms with Gasteiger partial charge in [-0.05, 0) is 32.0 Å². The molecule has 1 aromatic rings. The molecule has 1 aromatic carbocycles. The molecule has 8 heteroatoms. The highest BCUT2D eigenvalue weighted by molar-refractivity contribution is 6.33. The number of nitrogens with zero attached hydrogens (tertiary/aromatic N) is 1. The van der Waals surface area contributed by atoms with Gasteiger partial charge in [-0.2, -0.15) is 13.2 Å². The molecule has 0 fully saturated rings. The Labute approximate surface area is 113 Å². The number of guanidine groups is 1. The molecule has 0 heterocycles. The summed E-state index contributed by atoms with van der Waals surface area (Å²) in [6.45, 7) is 3.65. The zero-order valence-electron chi connectivity index (χ0n) is 10.3. The lowest BCUT2D eigenvalue weighted by molar-refractivity contribution is -0.137. The summed E-state index contributed by atoms with van der Waals surface area (Å²) in [7, 11) is 0. The highest BCUT2D eigenvalue weighted by atomic mass is 35.5. The van der Waals surface area contributed by atoms with Gasteiger partial charge in [0.15, 0.2) is 0 Å². The maximum absolute atomic E-state index is 12.5. The molecule has 0 aromatic heterocycles. The van der Waals surface area contributed by atoms with E-state index in [9.17, 15) is 13.2 Å². The van der Waals surface area contributed by atoms with Gasteiger partial charge in [-0.25, -0.2) is 10.8 Å². The van der Waals surface area contributed by atoms with E-state index in [1.165, 1.54) is 6.07 Å². The molecule has 0 bridgehead atoms. The number of rotatable bonds is 2. The molecule has 4 N–H and O–H groups in total. The number of alkyl halides is 3. The lowest BCUT2D eigenvalue weighted by Gasteiger charge is -2.13. The fraction of sp³-hybridized carbons (Fsp3) is 0.364. The average molecular weight is 295 g/mol. The van der Waals surface area contributed by atoms with Crippen molar-refractivity contribution in [3.63, 3.8) is 0 Å². The van der Waals surface area contributed by atoms with E-state index in [-0.39, 0.29) is 22.7 Å². The summed E-state index contributed by atoms with van der Waals surface area (Å²) >= 11 is 5.79. The van der Waals surface area contributed by atoms with Crippen LogP contribution in [0.2, 0.25) is 5.02 Å². The SMILES string of the molecule is CC(C)N=C(NN)Nc1ccc(C(F)(F)F)cc1Cl. The number of hydrogen-bond donors (Lipinski definition) is 3. The van der Waals surface area contributed by atoms with Crippen LogP contribution in [-0.4, -0.2) is 12.0 Å². The van der Waals surface area contributed by atoms with Crippen LogP contribution in [0.3, 0.4) is 0 Å². The van der Waals surface area contributed by atoms with Gasteiger partial charge in [-0.3, -0.25) is 5.43 Å². The summed E-state index contributed by atoms with van der Waals surface area (Å²) < 4.78 is 37.4. The van der Waals surface area contributed by atoms with Gasteiger partial charge in [-0.15, -0.1) is 0 Å². The molecule has 19 heavy (non-hydrogen) atoms. The van der Waals surface area contributed by atoms with E-state index in [2.05, 4.69) is 15.7 Å². The minimum absolute atomic E-state index is 0.0354. The molecule has 106 valence electrons. The second-order valence-electron chi connectivity index (χ2n) is 4.03. The zero-order valence-corrected chi connectivity index (χ0v) is 11.1. The third-order valence-corrected chi connectivity index (χ3v) is 2.39. The molecule has 0 amide bonds. The Kier molecular flexibility index (Phi) is 5.02. The third-order valence-electron chi connectivity index (χ3n) is 2.07. The van der Waals surface area contributed by atoms with Crippen molar-refractivity contribution in [2.24, 2.45) is 10.8 Å². The van der Waals surface area contributed by atoms with Crippen LogP contribution in [-0.2, 0) is 6.18 Å². The van der Waals surface area contributed by atoms with Crippen molar-refractivity contribution in [1.82, 2.24) is 5.43 Å². The van der Waals surface area contributed by atoms with Crippen LogP contribution in [0.4, 0.5) is 18.9 Å². The maximum Gasteiger partial charge on any atom is 0.416 e. The van der Waals surface area contributed by atoms with Gasteiger partial charge in [0.05, 0.1) is 16.3 Å². The first-order valence-electron chi connectivity index (χ1n) is 5.42. The molecular weight excluding hydrogens is 281 g/mol. The van der Waals surface area contributed by atoms with E-state index in [4.69, 9.17) is 17.4 Å². The highest BCUT2D eigenvalue weighted by Gasteiger charge is 2.30. The number of hydrazine groups is 1. The second-order valence-corrected chi connectivity index (χ2v) is 4.44. The van der Waals surface area contributed by atoms with Crippen LogP contribution in [0.5, 0.6) is 0 Å². The number of benzene rings is 1. The first-order valence-corrected chi connectivity index (χ1v) is 5.80. The topological polar surface area (TPSA) is 62.4 Å². The highest BCUT2D eigenvalue weighted by Crippen LogP contribution is 2.33. The predicted octanol–water partition coefficient (Wildman–Crippen LogP) is 3.00. The Balaban J connectivity index is 2.98. The number of nitrogens with one attached hydrogen (secondary N) is 2. The molecule has 0 saturated carbocycles. The van der Waals surface area contributed by atoms with E-state index in [0.717, 1.165) is 12.1 Å². The Morgan fingerprint density at radius 1 is 1.37 bits per heavy atom. The first-order chi connectivity index (χ1) is 8.74. The maximum atomic E-state index is 12.5. The van der Waals surface area contributed by atoms with Crippen molar-refractivity contribution in [1.29, 1.82) is 0 Å². The van der Waals surface area contributed by atoms with E-state index >= 15 is 0 Å². The van der Waals surface area contributed by atoms with Gasteiger partial charge in [0.1, 0.15) is 0 Å². The predicted molar refractivity (Wildman–Crippen MR) is 70.0 cm³/mol. The number of aliphatic imine (C=N–C) groups is 1. The van der Waals surface area contributed by atoms with Gasteiger partial charge in [-0.1, -0.05) is 11.6 Å². The molecule has 0 radical (unpaired) electrons. The molecule has 0 atom stereocenters. The van der Waals surface area contributed by atoms with Crippen molar-refractivity contribution in [3.8, 4) is 0 Å². The number of anilines is 1. The molecule has 0 unspecified atom stereocenters. The molecule has 0 aliphatic rings. The van der Waals surface area contributed by atoms with E-state index in [1.807, 2.05) is 13.8 Å². The Morgan fingerprint density at radius 3 is 2.42 bits per heavy atom. The molecule has 0 saturated heterocycles. The van der Waals surface area contributed by atoms with Gasteiger partial charge >= 0.3 is 6.18 Å². The minimum Gasteiger partial charge on any atom is -0.324 e. The van der Waals surface area contributed by atoms with Gasteiger partial charge in [0, 0.05) is 6.04 Å². The average Bonchev–Trinajstić information content (AvgIpc) is 2.28. The van der Waals surface area contributed by atoms with E-state index in [0.29, 0.717) is 0 Å². The monoisotopic (exact) mass is 294 g/mol. The van der Waals surface area contributed by atoms with Crippen molar-refractivity contribution in [2.45, 2.75) is 26.1 Å². The number of halogens is 4. The standard InChI is InChI=1S/C11H14ClF3N4/c1-6(2)17-10(19-16)18-9-4-3-7(5-8(9)12)11(13,14)15/h3-6H,16H2,1-2H3,(H2,17,18,19). The molecular formula is C11H14ClF3N4. The van der Waals surface area contributed by atoms with Crippen molar-refractivity contribution in [2.75, 3.05) is 5.32 Å². The van der Waals surface area contributed by atoms with Crippen molar-refractivity contribution >= 4 is 23.2 Å². The van der Waals surface area contributed by atoms with Gasteiger partial charge in [0.25, 0.3) is 0 Å². The Bertz CT molecular complexity index is 471. The first kappa shape index (κ1) is 15.6. The smallest absolute Gasteiger partial charge is 0.324 e. The lowest BCUT2D eigenvalue weighted by Crippen LogP contribution is -2.37. The summed E-state index contributed by atoms with van der Waals surface area (Å²) in [6, 6.07) is 2.95. The van der Waals surface area contributed by atoms with Crippen LogP contribution in [0, 0.1) is 0 Å².